The highest BCUT2D eigenvalue weighted by atomic mass is 35.5. The van der Waals surface area contributed by atoms with Gasteiger partial charge in [0, 0.05) is 35.3 Å². The quantitative estimate of drug-likeness (QED) is 0.624. The first-order valence-electron chi connectivity index (χ1n) is 9.31. The number of rotatable bonds is 7. The van der Waals surface area contributed by atoms with E-state index in [0.717, 1.165) is 41.7 Å². The smallest absolute Gasteiger partial charge is 0.222 e. The van der Waals surface area contributed by atoms with Crippen molar-refractivity contribution in [1.29, 1.82) is 0 Å². The number of aryl methyl sites for hydroxylation is 1. The SMILES string of the molecule is Cc1cc(COc2cc3[nH]c(CNC(=O)CC4CCCO4)cc3cc2Cl)on1. The van der Waals surface area contributed by atoms with Gasteiger partial charge in [0.05, 0.1) is 29.8 Å². The highest BCUT2D eigenvalue weighted by Crippen LogP contribution is 2.31. The molecule has 3 heterocycles. The minimum absolute atomic E-state index is 0.00467. The fourth-order valence-electron chi connectivity index (χ4n) is 3.31. The number of aromatic amines is 1. The maximum atomic E-state index is 12.1. The molecule has 1 aliphatic rings. The predicted octanol–water partition coefficient (Wildman–Crippen LogP) is 3.88. The standard InChI is InChI=1S/C20H22ClN3O4/c1-12-5-16(28-24-12)11-27-19-9-18-13(7-17(19)21)6-14(23-18)10-22-20(25)8-15-3-2-4-26-15/h5-7,9,15,23H,2-4,8,10-11H2,1H3,(H,22,25). The average Bonchev–Trinajstić information content (AvgIpc) is 3.39. The van der Waals surface area contributed by atoms with E-state index >= 15 is 0 Å². The normalized spacial score (nSPS) is 16.6. The number of nitrogens with zero attached hydrogens (tertiary/aromatic N) is 1. The molecule has 2 aromatic heterocycles. The lowest BCUT2D eigenvalue weighted by Crippen LogP contribution is -2.26. The Kier molecular flexibility index (Phi) is 5.54. The molecular weight excluding hydrogens is 382 g/mol. The third-order valence-electron chi connectivity index (χ3n) is 4.69. The third-order valence-corrected chi connectivity index (χ3v) is 4.98. The largest absolute Gasteiger partial charge is 0.484 e. The van der Waals surface area contributed by atoms with Crippen LogP contribution in [-0.2, 0) is 22.7 Å². The summed E-state index contributed by atoms with van der Waals surface area (Å²) in [4.78, 5) is 15.4. The van der Waals surface area contributed by atoms with Crippen LogP contribution in [0.2, 0.25) is 5.02 Å². The van der Waals surface area contributed by atoms with E-state index in [1.807, 2.05) is 31.2 Å². The second-order valence-corrected chi connectivity index (χ2v) is 7.41. The van der Waals surface area contributed by atoms with Crippen molar-refractivity contribution in [2.24, 2.45) is 0 Å². The van der Waals surface area contributed by atoms with Crippen LogP contribution >= 0.6 is 11.6 Å². The topological polar surface area (TPSA) is 89.4 Å². The zero-order valence-electron chi connectivity index (χ0n) is 15.6. The molecular formula is C20H22ClN3O4. The highest BCUT2D eigenvalue weighted by molar-refractivity contribution is 6.32. The van der Waals surface area contributed by atoms with Gasteiger partial charge in [-0.3, -0.25) is 4.79 Å². The molecule has 28 heavy (non-hydrogen) atoms. The predicted molar refractivity (Wildman–Crippen MR) is 104 cm³/mol. The molecule has 7 nitrogen and oxygen atoms in total. The molecule has 2 N–H and O–H groups in total. The van der Waals surface area contributed by atoms with Crippen LogP contribution in [-0.4, -0.2) is 28.8 Å². The molecule has 0 saturated carbocycles. The summed E-state index contributed by atoms with van der Waals surface area (Å²) in [6, 6.07) is 7.47. The number of hydrogen-bond acceptors (Lipinski definition) is 5. The van der Waals surface area contributed by atoms with E-state index < -0.39 is 0 Å². The molecule has 4 rings (SSSR count). The van der Waals surface area contributed by atoms with Crippen LogP contribution in [0.5, 0.6) is 5.75 Å². The first-order chi connectivity index (χ1) is 13.6. The molecule has 1 aliphatic heterocycles. The van der Waals surface area contributed by atoms with Crippen molar-refractivity contribution in [2.75, 3.05) is 6.61 Å². The molecule has 148 valence electrons. The number of carbonyl (C=O) groups is 1. The lowest BCUT2D eigenvalue weighted by Gasteiger charge is -2.09. The molecule has 0 bridgehead atoms. The van der Waals surface area contributed by atoms with Gasteiger partial charge in [-0.15, -0.1) is 0 Å². The minimum atomic E-state index is -0.00467. The van der Waals surface area contributed by atoms with Crippen LogP contribution in [0.1, 0.15) is 36.4 Å². The zero-order chi connectivity index (χ0) is 19.5. The monoisotopic (exact) mass is 403 g/mol. The molecule has 0 spiro atoms. The Labute approximate surface area is 167 Å². The summed E-state index contributed by atoms with van der Waals surface area (Å²) in [7, 11) is 0. The van der Waals surface area contributed by atoms with Gasteiger partial charge in [-0.1, -0.05) is 16.8 Å². The Morgan fingerprint density at radius 3 is 3.04 bits per heavy atom. The summed E-state index contributed by atoms with van der Waals surface area (Å²) in [5, 5.41) is 8.23. The summed E-state index contributed by atoms with van der Waals surface area (Å²) >= 11 is 6.34. The number of ether oxygens (including phenoxy) is 2. The highest BCUT2D eigenvalue weighted by Gasteiger charge is 2.19. The lowest BCUT2D eigenvalue weighted by atomic mass is 10.2. The van der Waals surface area contributed by atoms with Crippen molar-refractivity contribution < 1.29 is 18.8 Å². The van der Waals surface area contributed by atoms with E-state index in [1.165, 1.54) is 0 Å². The number of H-pyrrole nitrogens is 1. The van der Waals surface area contributed by atoms with Crippen molar-refractivity contribution in [3.63, 3.8) is 0 Å². The van der Waals surface area contributed by atoms with Gasteiger partial charge in [0.2, 0.25) is 5.91 Å². The van der Waals surface area contributed by atoms with E-state index in [0.29, 0.717) is 29.5 Å². The first-order valence-corrected chi connectivity index (χ1v) is 9.69. The van der Waals surface area contributed by atoms with Crippen molar-refractivity contribution >= 4 is 28.4 Å². The number of hydrogen-bond donors (Lipinski definition) is 2. The molecule has 8 heteroatoms. The van der Waals surface area contributed by atoms with Crippen LogP contribution < -0.4 is 10.1 Å². The average molecular weight is 404 g/mol. The number of amides is 1. The number of aromatic nitrogens is 2. The number of benzene rings is 1. The molecule has 0 aliphatic carbocycles. The second-order valence-electron chi connectivity index (χ2n) is 7.00. The Bertz CT molecular complexity index is 975. The number of carbonyl (C=O) groups excluding carboxylic acids is 1. The molecule has 3 aromatic rings. The van der Waals surface area contributed by atoms with Gasteiger partial charge in [-0.05, 0) is 31.9 Å². The maximum Gasteiger partial charge on any atom is 0.222 e. The van der Waals surface area contributed by atoms with E-state index in [9.17, 15) is 4.79 Å². The van der Waals surface area contributed by atoms with Crippen molar-refractivity contribution in [1.82, 2.24) is 15.5 Å². The van der Waals surface area contributed by atoms with Crippen molar-refractivity contribution in [2.45, 2.75) is 45.4 Å². The fourth-order valence-corrected chi connectivity index (χ4v) is 3.54. The van der Waals surface area contributed by atoms with Gasteiger partial charge in [0.1, 0.15) is 12.4 Å². The van der Waals surface area contributed by atoms with Gasteiger partial charge in [0.15, 0.2) is 5.76 Å². The Hall–Kier alpha value is -2.51. The van der Waals surface area contributed by atoms with Gasteiger partial charge in [-0.2, -0.15) is 0 Å². The molecule has 1 atom stereocenters. The molecule has 1 aromatic carbocycles. The summed E-state index contributed by atoms with van der Waals surface area (Å²) in [6.45, 7) is 3.28. The second kappa shape index (κ2) is 8.24. The Morgan fingerprint density at radius 1 is 1.39 bits per heavy atom. The lowest BCUT2D eigenvalue weighted by molar-refractivity contribution is -0.123. The van der Waals surface area contributed by atoms with Crippen LogP contribution in [0.4, 0.5) is 0 Å². The summed E-state index contributed by atoms with van der Waals surface area (Å²) in [5.74, 6) is 1.18. The maximum absolute atomic E-state index is 12.1. The van der Waals surface area contributed by atoms with Gasteiger partial charge in [0.25, 0.3) is 0 Å². The molecule has 1 saturated heterocycles. The van der Waals surface area contributed by atoms with Gasteiger partial charge < -0.3 is 24.3 Å². The number of fused-ring (bicyclic) bond motifs is 1. The summed E-state index contributed by atoms with van der Waals surface area (Å²) in [5.41, 5.74) is 2.59. The third kappa shape index (κ3) is 4.48. The summed E-state index contributed by atoms with van der Waals surface area (Å²) < 4.78 is 16.4. The van der Waals surface area contributed by atoms with E-state index in [-0.39, 0.29) is 18.6 Å². The fraction of sp³-hybridized carbons (Fsp3) is 0.400. The number of halogens is 1. The Morgan fingerprint density at radius 2 is 2.29 bits per heavy atom. The Balaban J connectivity index is 1.38. The van der Waals surface area contributed by atoms with Crippen LogP contribution in [0, 0.1) is 6.92 Å². The first kappa shape index (κ1) is 18.8. The summed E-state index contributed by atoms with van der Waals surface area (Å²) in [6.07, 6.45) is 2.44. The van der Waals surface area contributed by atoms with E-state index in [2.05, 4.69) is 15.5 Å². The molecule has 1 unspecified atom stereocenters. The van der Waals surface area contributed by atoms with Crippen LogP contribution in [0.15, 0.2) is 28.8 Å². The minimum Gasteiger partial charge on any atom is -0.484 e. The molecule has 1 fully saturated rings. The van der Waals surface area contributed by atoms with Gasteiger partial charge >= 0.3 is 0 Å². The van der Waals surface area contributed by atoms with Crippen molar-refractivity contribution in [3.8, 4) is 5.75 Å². The van der Waals surface area contributed by atoms with Gasteiger partial charge in [-0.25, -0.2) is 0 Å². The zero-order valence-corrected chi connectivity index (χ0v) is 16.3. The van der Waals surface area contributed by atoms with E-state index in [4.69, 9.17) is 25.6 Å². The van der Waals surface area contributed by atoms with Crippen LogP contribution in [0.25, 0.3) is 10.9 Å². The van der Waals surface area contributed by atoms with E-state index in [1.54, 1.807) is 0 Å². The van der Waals surface area contributed by atoms with Crippen molar-refractivity contribution in [3.05, 3.63) is 46.4 Å². The van der Waals surface area contributed by atoms with Crippen LogP contribution in [0.3, 0.4) is 0 Å². The molecule has 0 radical (unpaired) electrons. The molecule has 1 amide bonds. The number of nitrogens with one attached hydrogen (secondary N) is 2.